The van der Waals surface area contributed by atoms with E-state index in [0.717, 1.165) is 48.7 Å². The number of nitrogens with one attached hydrogen (secondary N) is 1. The van der Waals surface area contributed by atoms with Crippen molar-refractivity contribution in [1.29, 1.82) is 0 Å². The van der Waals surface area contributed by atoms with Gasteiger partial charge in [-0.15, -0.1) is 0 Å². The van der Waals surface area contributed by atoms with Gasteiger partial charge in [0.1, 0.15) is 0 Å². The van der Waals surface area contributed by atoms with E-state index in [1.807, 2.05) is 48.5 Å². The molecule has 0 atom stereocenters. The minimum Gasteiger partial charge on any atom is -0.338 e. The summed E-state index contributed by atoms with van der Waals surface area (Å²) < 4.78 is 0. The molecule has 2 aliphatic rings. The number of amides is 2. The summed E-state index contributed by atoms with van der Waals surface area (Å²) in [5.41, 5.74) is 3.62. The molecule has 1 fully saturated rings. The maximum Gasteiger partial charge on any atom is 0.327 e. The van der Waals surface area contributed by atoms with Gasteiger partial charge in [0.2, 0.25) is 5.95 Å². The number of anilines is 3. The van der Waals surface area contributed by atoms with E-state index in [4.69, 9.17) is 9.97 Å². The summed E-state index contributed by atoms with van der Waals surface area (Å²) in [6.07, 6.45) is 0. The van der Waals surface area contributed by atoms with Gasteiger partial charge in [-0.05, 0) is 19.2 Å². The van der Waals surface area contributed by atoms with E-state index in [1.165, 1.54) is 0 Å². The highest BCUT2D eigenvalue weighted by molar-refractivity contribution is 6.01. The van der Waals surface area contributed by atoms with Gasteiger partial charge in [-0.25, -0.2) is 14.7 Å². The van der Waals surface area contributed by atoms with Crippen LogP contribution >= 0.6 is 0 Å². The topological polar surface area (TPSA) is 64.6 Å². The van der Waals surface area contributed by atoms with Crippen LogP contribution in [0.5, 0.6) is 0 Å². The quantitative estimate of drug-likeness (QED) is 0.731. The zero-order valence-corrected chi connectivity index (χ0v) is 17.0. The molecule has 3 heterocycles. The summed E-state index contributed by atoms with van der Waals surface area (Å²) in [5, 5.41) is 2.99. The second-order valence-electron chi connectivity index (χ2n) is 7.66. The van der Waals surface area contributed by atoms with Crippen LogP contribution in [0, 0.1) is 0 Å². The van der Waals surface area contributed by atoms with Crippen molar-refractivity contribution in [3.63, 3.8) is 0 Å². The number of piperazine rings is 1. The minimum atomic E-state index is -0.171. The van der Waals surface area contributed by atoms with Crippen molar-refractivity contribution < 1.29 is 4.79 Å². The van der Waals surface area contributed by atoms with Crippen LogP contribution in [0.4, 0.5) is 22.2 Å². The number of hydrogen-bond donors (Lipinski definition) is 1. The van der Waals surface area contributed by atoms with Crippen molar-refractivity contribution in [3.8, 4) is 11.3 Å². The molecule has 0 radical (unpaired) electrons. The molecule has 30 heavy (non-hydrogen) atoms. The number of likely N-dealkylation sites (N-methyl/N-ethyl adjacent to an activating group) is 1. The van der Waals surface area contributed by atoms with Gasteiger partial charge in [0.25, 0.3) is 0 Å². The van der Waals surface area contributed by atoms with Crippen molar-refractivity contribution in [2.24, 2.45) is 0 Å². The molecule has 0 bridgehead atoms. The van der Waals surface area contributed by atoms with Crippen molar-refractivity contribution >= 4 is 23.5 Å². The molecular formula is C23H24N6O. The first kappa shape index (κ1) is 18.6. The Hall–Kier alpha value is -3.45. The summed E-state index contributed by atoms with van der Waals surface area (Å²) in [6, 6.07) is 19.6. The Morgan fingerprint density at radius 3 is 2.23 bits per heavy atom. The molecule has 5 rings (SSSR count). The number of para-hydroxylation sites is 1. The Bertz CT molecular complexity index is 1050. The fourth-order valence-corrected chi connectivity index (χ4v) is 3.95. The van der Waals surface area contributed by atoms with Crippen molar-refractivity contribution in [2.45, 2.75) is 6.54 Å². The van der Waals surface area contributed by atoms with E-state index in [9.17, 15) is 4.79 Å². The SMILES string of the molecule is CN1CCN(c2nc(-c3ccccc3)c3c(n2)N(c2ccccc2)C(=O)NC3)CC1. The van der Waals surface area contributed by atoms with Crippen molar-refractivity contribution in [2.75, 3.05) is 43.0 Å². The lowest BCUT2D eigenvalue weighted by Gasteiger charge is -2.35. The number of hydrogen-bond acceptors (Lipinski definition) is 5. The Morgan fingerprint density at radius 2 is 1.53 bits per heavy atom. The van der Waals surface area contributed by atoms with Gasteiger partial charge in [-0.2, -0.15) is 4.98 Å². The smallest absolute Gasteiger partial charge is 0.327 e. The lowest BCUT2D eigenvalue weighted by Crippen LogP contribution is -2.46. The normalized spacial score (nSPS) is 16.9. The van der Waals surface area contributed by atoms with Crippen LogP contribution in [0.1, 0.15) is 5.56 Å². The maximum atomic E-state index is 12.9. The number of carbonyl (C=O) groups excluding carboxylic acids is 1. The molecule has 0 aliphatic carbocycles. The summed E-state index contributed by atoms with van der Waals surface area (Å²) in [4.78, 5) is 28.9. The first-order valence-electron chi connectivity index (χ1n) is 10.2. The lowest BCUT2D eigenvalue weighted by molar-refractivity contribution is 0.247. The molecular weight excluding hydrogens is 376 g/mol. The number of benzene rings is 2. The molecule has 1 N–H and O–H groups in total. The van der Waals surface area contributed by atoms with Gasteiger partial charge in [-0.3, -0.25) is 0 Å². The van der Waals surface area contributed by atoms with Gasteiger partial charge in [0.15, 0.2) is 5.82 Å². The third kappa shape index (κ3) is 3.37. The highest BCUT2D eigenvalue weighted by atomic mass is 16.2. The van der Waals surface area contributed by atoms with Crippen LogP contribution < -0.4 is 15.1 Å². The van der Waals surface area contributed by atoms with E-state index in [-0.39, 0.29) is 6.03 Å². The lowest BCUT2D eigenvalue weighted by atomic mass is 10.0. The Balaban J connectivity index is 1.68. The van der Waals surface area contributed by atoms with E-state index in [0.29, 0.717) is 18.3 Å². The summed E-state index contributed by atoms with van der Waals surface area (Å²) >= 11 is 0. The van der Waals surface area contributed by atoms with Gasteiger partial charge in [-0.1, -0.05) is 48.5 Å². The molecule has 2 aromatic carbocycles. The maximum absolute atomic E-state index is 12.9. The van der Waals surface area contributed by atoms with E-state index >= 15 is 0 Å². The molecule has 7 nitrogen and oxygen atoms in total. The molecule has 152 valence electrons. The van der Waals surface area contributed by atoms with Gasteiger partial charge in [0.05, 0.1) is 17.9 Å². The van der Waals surface area contributed by atoms with Crippen molar-refractivity contribution in [3.05, 3.63) is 66.2 Å². The number of fused-ring (bicyclic) bond motifs is 1. The minimum absolute atomic E-state index is 0.171. The molecule has 1 aromatic heterocycles. The molecule has 2 aliphatic heterocycles. The fourth-order valence-electron chi connectivity index (χ4n) is 3.95. The predicted octanol–water partition coefficient (Wildman–Crippen LogP) is 3.26. The highest BCUT2D eigenvalue weighted by Gasteiger charge is 2.31. The zero-order chi connectivity index (χ0) is 20.5. The number of carbonyl (C=O) groups is 1. The van der Waals surface area contributed by atoms with E-state index in [1.54, 1.807) is 4.90 Å². The van der Waals surface area contributed by atoms with Gasteiger partial charge < -0.3 is 15.1 Å². The average molecular weight is 400 g/mol. The van der Waals surface area contributed by atoms with Crippen LogP contribution in [-0.2, 0) is 6.54 Å². The molecule has 1 saturated heterocycles. The first-order chi connectivity index (χ1) is 14.7. The molecule has 0 unspecified atom stereocenters. The van der Waals surface area contributed by atoms with E-state index in [2.05, 4.69) is 34.3 Å². The second kappa shape index (κ2) is 7.76. The van der Waals surface area contributed by atoms with Crippen LogP contribution in [0.2, 0.25) is 0 Å². The Kier molecular flexibility index (Phi) is 4.80. The standard InChI is InChI=1S/C23H24N6O/c1-27-12-14-28(15-13-27)22-25-20(17-8-4-2-5-9-17)19-16-24-23(30)29(21(19)26-22)18-10-6-3-7-11-18/h2-11H,12-16H2,1H3,(H,24,30). The van der Waals surface area contributed by atoms with Crippen LogP contribution in [0.25, 0.3) is 11.3 Å². The first-order valence-corrected chi connectivity index (χ1v) is 10.2. The summed E-state index contributed by atoms with van der Waals surface area (Å²) in [6.45, 7) is 4.06. The fraction of sp³-hybridized carbons (Fsp3) is 0.261. The van der Waals surface area contributed by atoms with Crippen LogP contribution in [0.3, 0.4) is 0 Å². The average Bonchev–Trinajstić information content (AvgIpc) is 2.80. The number of nitrogens with zero attached hydrogens (tertiary/aromatic N) is 5. The molecule has 3 aromatic rings. The van der Waals surface area contributed by atoms with Gasteiger partial charge in [0, 0.05) is 37.3 Å². The monoisotopic (exact) mass is 400 g/mol. The Labute approximate surface area is 176 Å². The molecule has 0 saturated carbocycles. The Morgan fingerprint density at radius 1 is 0.867 bits per heavy atom. The second-order valence-corrected chi connectivity index (χ2v) is 7.66. The number of rotatable bonds is 3. The molecule has 2 amide bonds. The van der Waals surface area contributed by atoms with Crippen molar-refractivity contribution in [1.82, 2.24) is 20.2 Å². The largest absolute Gasteiger partial charge is 0.338 e. The van der Waals surface area contributed by atoms with Crippen LogP contribution in [-0.4, -0.2) is 54.1 Å². The van der Waals surface area contributed by atoms with Crippen LogP contribution in [0.15, 0.2) is 60.7 Å². The zero-order valence-electron chi connectivity index (χ0n) is 17.0. The predicted molar refractivity (Wildman–Crippen MR) is 118 cm³/mol. The summed E-state index contributed by atoms with van der Waals surface area (Å²) in [7, 11) is 2.13. The molecule has 7 heteroatoms. The summed E-state index contributed by atoms with van der Waals surface area (Å²) in [5.74, 6) is 1.34. The number of aromatic nitrogens is 2. The third-order valence-corrected chi connectivity index (χ3v) is 5.65. The van der Waals surface area contributed by atoms with Gasteiger partial charge >= 0.3 is 6.03 Å². The van der Waals surface area contributed by atoms with E-state index < -0.39 is 0 Å². The molecule has 0 spiro atoms. The highest BCUT2D eigenvalue weighted by Crippen LogP contribution is 2.36. The third-order valence-electron chi connectivity index (χ3n) is 5.65. The number of urea groups is 1.